The molecule has 2 aromatic rings. The van der Waals surface area contributed by atoms with Gasteiger partial charge in [0.2, 0.25) is 0 Å². The number of aromatic amines is 1. The van der Waals surface area contributed by atoms with Crippen molar-refractivity contribution in [1.29, 1.82) is 0 Å². The first-order chi connectivity index (χ1) is 10.4. The number of nitrogens with zero attached hydrogens (tertiary/aromatic N) is 2. The van der Waals surface area contributed by atoms with Gasteiger partial charge >= 0.3 is 0 Å². The number of carbonyl (C=O) groups is 1. The van der Waals surface area contributed by atoms with E-state index in [0.29, 0.717) is 18.7 Å². The predicted octanol–water partition coefficient (Wildman–Crippen LogP) is 2.49. The summed E-state index contributed by atoms with van der Waals surface area (Å²) in [4.78, 5) is 14.0. The maximum Gasteiger partial charge on any atom is 0.257 e. The normalized spacial score (nSPS) is 10.6. The van der Waals surface area contributed by atoms with Crippen molar-refractivity contribution in [3.63, 3.8) is 0 Å². The van der Waals surface area contributed by atoms with E-state index in [-0.39, 0.29) is 11.5 Å². The number of hydrogen-bond acceptors (Lipinski definition) is 3. The summed E-state index contributed by atoms with van der Waals surface area (Å²) in [6, 6.07) is 3.93. The number of hydrogen-bond donors (Lipinski definition) is 1. The standard InChI is InChI=1S/C16H20FN3O2/c1-10-13(11(2)19-18-10)7-8-20(3)16(21)14-9-12(17)5-6-15(14)22-4/h5-6,9H,7-8H2,1-4H3,(H,18,19). The Hall–Kier alpha value is -2.37. The van der Waals surface area contributed by atoms with Crippen molar-refractivity contribution in [3.05, 3.63) is 46.5 Å². The number of ether oxygens (including phenoxy) is 1. The molecule has 1 N–H and O–H groups in total. The van der Waals surface area contributed by atoms with Crippen molar-refractivity contribution in [1.82, 2.24) is 15.1 Å². The lowest BCUT2D eigenvalue weighted by atomic mass is 10.1. The second-order valence-corrected chi connectivity index (χ2v) is 5.23. The number of aromatic nitrogens is 2. The molecular formula is C16H20FN3O2. The molecule has 0 unspecified atom stereocenters. The molecule has 1 heterocycles. The van der Waals surface area contributed by atoms with Crippen LogP contribution in [0.3, 0.4) is 0 Å². The minimum atomic E-state index is -0.459. The van der Waals surface area contributed by atoms with Crippen molar-refractivity contribution in [2.24, 2.45) is 0 Å². The quantitative estimate of drug-likeness (QED) is 0.923. The van der Waals surface area contributed by atoms with Crippen LogP contribution in [0.4, 0.5) is 4.39 Å². The zero-order valence-corrected chi connectivity index (χ0v) is 13.2. The van der Waals surface area contributed by atoms with Crippen molar-refractivity contribution in [2.75, 3.05) is 20.7 Å². The second kappa shape index (κ2) is 6.60. The van der Waals surface area contributed by atoms with Crippen LogP contribution in [0.25, 0.3) is 0 Å². The first-order valence-electron chi connectivity index (χ1n) is 7.03. The molecule has 0 spiro atoms. The number of nitrogens with one attached hydrogen (secondary N) is 1. The van der Waals surface area contributed by atoms with Crippen LogP contribution in [0, 0.1) is 19.7 Å². The van der Waals surface area contributed by atoms with E-state index in [1.165, 1.54) is 25.3 Å². The highest BCUT2D eigenvalue weighted by atomic mass is 19.1. The SMILES string of the molecule is COc1ccc(F)cc1C(=O)N(C)CCc1c(C)n[nH]c1C. The second-order valence-electron chi connectivity index (χ2n) is 5.23. The van der Waals surface area contributed by atoms with Crippen LogP contribution in [-0.4, -0.2) is 41.7 Å². The molecule has 0 saturated heterocycles. The molecule has 1 aromatic carbocycles. The largest absolute Gasteiger partial charge is 0.496 e. The summed E-state index contributed by atoms with van der Waals surface area (Å²) in [6.07, 6.45) is 0.689. The van der Waals surface area contributed by atoms with Crippen molar-refractivity contribution < 1.29 is 13.9 Å². The zero-order valence-electron chi connectivity index (χ0n) is 13.2. The summed E-state index contributed by atoms with van der Waals surface area (Å²) in [5, 5.41) is 7.06. The third kappa shape index (κ3) is 3.27. The molecule has 0 radical (unpaired) electrons. The van der Waals surface area contributed by atoms with Crippen molar-refractivity contribution in [2.45, 2.75) is 20.3 Å². The summed E-state index contributed by atoms with van der Waals surface area (Å²) < 4.78 is 18.5. The fraction of sp³-hybridized carbons (Fsp3) is 0.375. The van der Waals surface area contributed by atoms with Crippen LogP contribution in [0.5, 0.6) is 5.75 Å². The highest BCUT2D eigenvalue weighted by molar-refractivity contribution is 5.96. The van der Waals surface area contributed by atoms with E-state index in [2.05, 4.69) is 10.2 Å². The Bertz CT molecular complexity index is 663. The van der Waals surface area contributed by atoms with E-state index in [0.717, 1.165) is 17.0 Å². The molecule has 22 heavy (non-hydrogen) atoms. The monoisotopic (exact) mass is 305 g/mol. The number of aryl methyl sites for hydroxylation is 2. The molecule has 118 valence electrons. The number of amides is 1. The smallest absolute Gasteiger partial charge is 0.257 e. The van der Waals surface area contributed by atoms with Crippen LogP contribution in [0.2, 0.25) is 0 Å². The van der Waals surface area contributed by atoms with E-state index in [4.69, 9.17) is 4.74 Å². The number of benzene rings is 1. The van der Waals surface area contributed by atoms with Gasteiger partial charge in [-0.05, 0) is 44.0 Å². The van der Waals surface area contributed by atoms with Crippen LogP contribution in [0.15, 0.2) is 18.2 Å². The lowest BCUT2D eigenvalue weighted by molar-refractivity contribution is 0.0792. The highest BCUT2D eigenvalue weighted by Gasteiger charge is 2.18. The third-order valence-corrected chi connectivity index (χ3v) is 3.72. The summed E-state index contributed by atoms with van der Waals surface area (Å²) in [6.45, 7) is 4.39. The molecule has 0 aliphatic heterocycles. The molecule has 0 bridgehead atoms. The van der Waals surface area contributed by atoms with Crippen molar-refractivity contribution in [3.8, 4) is 5.75 Å². The van der Waals surface area contributed by atoms with E-state index in [9.17, 15) is 9.18 Å². The van der Waals surface area contributed by atoms with Gasteiger partial charge in [0.05, 0.1) is 18.4 Å². The Kier molecular flexibility index (Phi) is 4.80. The Morgan fingerprint density at radius 1 is 1.41 bits per heavy atom. The topological polar surface area (TPSA) is 58.2 Å². The number of H-pyrrole nitrogens is 1. The molecule has 0 saturated carbocycles. The van der Waals surface area contributed by atoms with Gasteiger partial charge < -0.3 is 9.64 Å². The number of carbonyl (C=O) groups excluding carboxylic acids is 1. The third-order valence-electron chi connectivity index (χ3n) is 3.72. The molecule has 0 fully saturated rings. The Morgan fingerprint density at radius 2 is 2.14 bits per heavy atom. The van der Waals surface area contributed by atoms with Gasteiger partial charge in [-0.3, -0.25) is 9.89 Å². The van der Waals surface area contributed by atoms with E-state index in [1.54, 1.807) is 11.9 Å². The van der Waals surface area contributed by atoms with E-state index < -0.39 is 5.82 Å². The molecule has 0 atom stereocenters. The van der Waals surface area contributed by atoms with Gasteiger partial charge in [0, 0.05) is 19.3 Å². The zero-order chi connectivity index (χ0) is 16.3. The van der Waals surface area contributed by atoms with Gasteiger partial charge in [-0.1, -0.05) is 0 Å². The average Bonchev–Trinajstić information content (AvgIpc) is 2.82. The number of methoxy groups -OCH3 is 1. The summed E-state index contributed by atoms with van der Waals surface area (Å²) in [5.41, 5.74) is 3.26. The Balaban J connectivity index is 2.11. The van der Waals surface area contributed by atoms with Crippen LogP contribution in [0.1, 0.15) is 27.3 Å². The molecule has 1 amide bonds. The number of rotatable bonds is 5. The summed E-state index contributed by atoms with van der Waals surface area (Å²) in [5.74, 6) is -0.358. The first kappa shape index (κ1) is 16.0. The molecule has 5 nitrogen and oxygen atoms in total. The fourth-order valence-electron chi connectivity index (χ4n) is 2.38. The first-order valence-corrected chi connectivity index (χ1v) is 7.03. The molecule has 6 heteroatoms. The summed E-state index contributed by atoms with van der Waals surface area (Å²) >= 11 is 0. The molecule has 0 aliphatic carbocycles. The fourth-order valence-corrected chi connectivity index (χ4v) is 2.38. The van der Waals surface area contributed by atoms with E-state index in [1.807, 2.05) is 13.8 Å². The van der Waals surface area contributed by atoms with Crippen LogP contribution >= 0.6 is 0 Å². The minimum absolute atomic E-state index is 0.227. The predicted molar refractivity (Wildman–Crippen MR) is 81.7 cm³/mol. The van der Waals surface area contributed by atoms with Crippen molar-refractivity contribution >= 4 is 5.91 Å². The van der Waals surface area contributed by atoms with E-state index >= 15 is 0 Å². The molecule has 2 rings (SSSR count). The molecule has 1 aromatic heterocycles. The molecule has 0 aliphatic rings. The maximum atomic E-state index is 13.4. The van der Waals surface area contributed by atoms with Gasteiger partial charge in [-0.25, -0.2) is 4.39 Å². The maximum absolute atomic E-state index is 13.4. The summed E-state index contributed by atoms with van der Waals surface area (Å²) in [7, 11) is 3.15. The number of likely N-dealkylation sites (N-methyl/N-ethyl adjacent to an activating group) is 1. The lowest BCUT2D eigenvalue weighted by Gasteiger charge is -2.18. The van der Waals surface area contributed by atoms with Gasteiger partial charge in [0.15, 0.2) is 0 Å². The van der Waals surface area contributed by atoms with Crippen LogP contribution in [-0.2, 0) is 6.42 Å². The molecular weight excluding hydrogens is 285 g/mol. The van der Waals surface area contributed by atoms with Crippen LogP contribution < -0.4 is 4.74 Å². The van der Waals surface area contributed by atoms with Gasteiger partial charge in [-0.2, -0.15) is 5.10 Å². The average molecular weight is 305 g/mol. The minimum Gasteiger partial charge on any atom is -0.496 e. The lowest BCUT2D eigenvalue weighted by Crippen LogP contribution is -2.29. The van der Waals surface area contributed by atoms with Gasteiger partial charge in [0.25, 0.3) is 5.91 Å². The van der Waals surface area contributed by atoms with Gasteiger partial charge in [0.1, 0.15) is 11.6 Å². The Labute approximate surface area is 129 Å². The van der Waals surface area contributed by atoms with Gasteiger partial charge in [-0.15, -0.1) is 0 Å². The highest BCUT2D eigenvalue weighted by Crippen LogP contribution is 2.21. The number of halogens is 1. The Morgan fingerprint density at radius 3 is 2.73 bits per heavy atom.